The van der Waals surface area contributed by atoms with Crippen molar-refractivity contribution in [3.63, 3.8) is 0 Å². The fourth-order valence-electron chi connectivity index (χ4n) is 1.65. The van der Waals surface area contributed by atoms with Crippen molar-refractivity contribution in [2.75, 3.05) is 4.31 Å². The van der Waals surface area contributed by atoms with Crippen LogP contribution < -0.4 is 4.31 Å². The third-order valence-corrected chi connectivity index (χ3v) is 5.26. The van der Waals surface area contributed by atoms with Crippen LogP contribution in [0.5, 0.6) is 0 Å². The monoisotopic (exact) mass is 269 g/mol. The number of benzene rings is 1. The average Bonchev–Trinajstić information content (AvgIpc) is 2.29. The van der Waals surface area contributed by atoms with Gasteiger partial charge in [-0.2, -0.15) is 0 Å². The summed E-state index contributed by atoms with van der Waals surface area (Å²) in [6.07, 6.45) is 0. The van der Waals surface area contributed by atoms with Crippen LogP contribution in [0, 0.1) is 0 Å². The van der Waals surface area contributed by atoms with Gasteiger partial charge in [-0.25, -0.2) is 17.5 Å². The Morgan fingerprint density at radius 2 is 1.72 bits per heavy atom. The van der Waals surface area contributed by atoms with Gasteiger partial charge >= 0.3 is 5.97 Å². The molecule has 1 aromatic carbocycles. The third kappa shape index (κ3) is 1.43. The molecule has 7 heteroatoms. The predicted molar refractivity (Wildman–Crippen MR) is 63.9 cm³/mol. The number of carbonyl (C=O) groups is 2. The second kappa shape index (κ2) is 3.55. The van der Waals surface area contributed by atoms with Gasteiger partial charge in [0.25, 0.3) is 15.9 Å². The first kappa shape index (κ1) is 12.6. The molecule has 1 amide bonds. The van der Waals surface area contributed by atoms with Gasteiger partial charge in [-0.1, -0.05) is 0 Å². The fraction of sp³-hybridized carbons (Fsp3) is 0.273. The lowest BCUT2D eigenvalue weighted by Crippen LogP contribution is -2.67. The molecule has 0 saturated carbocycles. The Balaban J connectivity index is 2.41. The van der Waals surface area contributed by atoms with Gasteiger partial charge in [0.2, 0.25) is 0 Å². The summed E-state index contributed by atoms with van der Waals surface area (Å²) in [5, 5.41) is 8.72. The molecule has 0 bridgehead atoms. The van der Waals surface area contributed by atoms with Crippen molar-refractivity contribution in [1.82, 2.24) is 0 Å². The van der Waals surface area contributed by atoms with E-state index in [1.807, 2.05) is 0 Å². The number of hydrogen-bond acceptors (Lipinski definition) is 4. The Bertz CT molecular complexity index is 630. The molecule has 1 aliphatic heterocycles. The lowest BCUT2D eigenvalue weighted by molar-refractivity contribution is -0.120. The van der Waals surface area contributed by atoms with E-state index in [0.717, 1.165) is 0 Å². The minimum Gasteiger partial charge on any atom is -0.478 e. The van der Waals surface area contributed by atoms with Crippen LogP contribution in [0.3, 0.4) is 0 Å². The van der Waals surface area contributed by atoms with Crippen LogP contribution in [0.2, 0.25) is 0 Å². The number of sulfonamides is 1. The normalized spacial score (nSPS) is 20.3. The summed E-state index contributed by atoms with van der Waals surface area (Å²) in [5.41, 5.74) is 0.188. The Morgan fingerprint density at radius 3 is 2.11 bits per heavy atom. The molecular weight excluding hydrogens is 258 g/mol. The van der Waals surface area contributed by atoms with Gasteiger partial charge in [0, 0.05) is 0 Å². The van der Waals surface area contributed by atoms with Crippen molar-refractivity contribution < 1.29 is 23.1 Å². The summed E-state index contributed by atoms with van der Waals surface area (Å²) in [5.74, 6) is -1.63. The second-order valence-electron chi connectivity index (χ2n) is 4.44. The van der Waals surface area contributed by atoms with Crippen LogP contribution in [0.25, 0.3) is 0 Å². The molecule has 0 radical (unpaired) electrons. The second-order valence-corrected chi connectivity index (χ2v) is 6.77. The quantitative estimate of drug-likeness (QED) is 0.859. The Hall–Kier alpha value is -1.89. The molecule has 1 fully saturated rings. The van der Waals surface area contributed by atoms with Crippen LogP contribution in [0.4, 0.5) is 5.69 Å². The van der Waals surface area contributed by atoms with Gasteiger partial charge in [0.05, 0.1) is 11.3 Å². The van der Waals surface area contributed by atoms with E-state index in [-0.39, 0.29) is 11.3 Å². The van der Waals surface area contributed by atoms with Crippen LogP contribution >= 0.6 is 0 Å². The average molecular weight is 269 g/mol. The summed E-state index contributed by atoms with van der Waals surface area (Å²) in [4.78, 5) is 22.4. The molecule has 2 rings (SSSR count). The maximum atomic E-state index is 11.9. The topological polar surface area (TPSA) is 91.8 Å². The van der Waals surface area contributed by atoms with Gasteiger partial charge in [-0.15, -0.1) is 0 Å². The number of amides is 1. The number of aromatic carboxylic acids is 1. The molecule has 6 nitrogen and oxygen atoms in total. The Kier molecular flexibility index (Phi) is 2.48. The number of hydrogen-bond donors (Lipinski definition) is 1. The molecule has 1 saturated heterocycles. The zero-order valence-corrected chi connectivity index (χ0v) is 10.6. The highest BCUT2D eigenvalue weighted by Gasteiger charge is 2.60. The number of carbonyl (C=O) groups excluding carboxylic acids is 1. The van der Waals surface area contributed by atoms with Crippen molar-refractivity contribution >= 4 is 27.6 Å². The van der Waals surface area contributed by atoms with Crippen molar-refractivity contribution in [1.29, 1.82) is 0 Å². The lowest BCUT2D eigenvalue weighted by atomic mass is 10.1. The molecule has 1 heterocycles. The molecule has 1 aromatic rings. The highest BCUT2D eigenvalue weighted by atomic mass is 32.2. The summed E-state index contributed by atoms with van der Waals surface area (Å²) in [7, 11) is -3.70. The molecule has 0 aromatic heterocycles. The predicted octanol–water partition coefficient (Wildman–Crippen LogP) is 0.840. The zero-order valence-electron chi connectivity index (χ0n) is 9.75. The van der Waals surface area contributed by atoms with Gasteiger partial charge in [0.1, 0.15) is 0 Å². The Labute approximate surface area is 104 Å². The van der Waals surface area contributed by atoms with Gasteiger partial charge in [-0.3, -0.25) is 4.79 Å². The minimum absolute atomic E-state index is 0.0309. The maximum absolute atomic E-state index is 11.9. The van der Waals surface area contributed by atoms with E-state index in [1.54, 1.807) is 0 Å². The highest BCUT2D eigenvalue weighted by molar-refractivity contribution is 7.98. The van der Waals surface area contributed by atoms with Crippen molar-refractivity contribution in [3.8, 4) is 0 Å². The van der Waals surface area contributed by atoms with E-state index in [9.17, 15) is 18.0 Å². The standard InChI is InChI=1S/C11H11NO5S/c1-11(2)10(15)12(18(11,16)17)8-5-3-7(4-6-8)9(13)14/h3-6H,1-2H3,(H,13,14). The molecule has 0 atom stereocenters. The van der Waals surface area contributed by atoms with Crippen molar-refractivity contribution in [2.24, 2.45) is 0 Å². The fourth-order valence-corrected chi connectivity index (χ4v) is 3.13. The highest BCUT2D eigenvalue weighted by Crippen LogP contribution is 2.38. The number of rotatable bonds is 2. The molecule has 1 aliphatic rings. The van der Waals surface area contributed by atoms with E-state index in [1.165, 1.54) is 38.1 Å². The molecule has 0 aliphatic carbocycles. The van der Waals surface area contributed by atoms with E-state index < -0.39 is 26.6 Å². The van der Waals surface area contributed by atoms with Gasteiger partial charge in [0.15, 0.2) is 4.75 Å². The zero-order chi connectivity index (χ0) is 13.7. The van der Waals surface area contributed by atoms with Gasteiger partial charge < -0.3 is 5.11 Å². The first-order valence-corrected chi connectivity index (χ1v) is 6.56. The van der Waals surface area contributed by atoms with E-state index in [0.29, 0.717) is 4.31 Å². The van der Waals surface area contributed by atoms with Gasteiger partial charge in [-0.05, 0) is 38.1 Å². The van der Waals surface area contributed by atoms with Crippen LogP contribution in [-0.4, -0.2) is 30.1 Å². The summed E-state index contributed by atoms with van der Waals surface area (Å²) in [6, 6.07) is 5.11. The lowest BCUT2D eigenvalue weighted by Gasteiger charge is -2.42. The summed E-state index contributed by atoms with van der Waals surface area (Å²) < 4.78 is 23.1. The molecular formula is C11H11NO5S. The smallest absolute Gasteiger partial charge is 0.335 e. The molecule has 18 heavy (non-hydrogen) atoms. The number of carboxylic acid groups (broad SMARTS) is 1. The number of carboxylic acids is 1. The largest absolute Gasteiger partial charge is 0.478 e. The van der Waals surface area contributed by atoms with Crippen molar-refractivity contribution in [3.05, 3.63) is 29.8 Å². The SMILES string of the molecule is CC1(C)C(=O)N(c2ccc(C(=O)O)cc2)S1(=O)=O. The summed E-state index contributed by atoms with van der Waals surface area (Å²) in [6.45, 7) is 2.68. The van der Waals surface area contributed by atoms with Crippen LogP contribution in [0.15, 0.2) is 24.3 Å². The van der Waals surface area contributed by atoms with E-state index in [2.05, 4.69) is 0 Å². The van der Waals surface area contributed by atoms with Crippen molar-refractivity contribution in [2.45, 2.75) is 18.6 Å². The molecule has 1 N–H and O–H groups in total. The molecule has 96 valence electrons. The van der Waals surface area contributed by atoms with E-state index >= 15 is 0 Å². The molecule has 0 spiro atoms. The van der Waals surface area contributed by atoms with E-state index in [4.69, 9.17) is 5.11 Å². The Morgan fingerprint density at radius 1 is 1.22 bits per heavy atom. The first-order valence-electron chi connectivity index (χ1n) is 5.12. The maximum Gasteiger partial charge on any atom is 0.335 e. The number of nitrogens with zero attached hydrogens (tertiary/aromatic N) is 1. The van der Waals surface area contributed by atoms with Crippen LogP contribution in [0.1, 0.15) is 24.2 Å². The molecule has 0 unspecified atom stereocenters. The first-order chi connectivity index (χ1) is 8.19. The number of anilines is 1. The minimum atomic E-state index is -3.70. The van der Waals surface area contributed by atoms with Crippen LogP contribution in [-0.2, 0) is 14.8 Å². The summed E-state index contributed by atoms with van der Waals surface area (Å²) >= 11 is 0. The third-order valence-electron chi connectivity index (χ3n) is 2.93.